The molecule has 3 aromatic rings. The molecule has 0 spiro atoms. The summed E-state index contributed by atoms with van der Waals surface area (Å²) < 4.78 is 5.71. The van der Waals surface area contributed by atoms with E-state index in [0.29, 0.717) is 11.1 Å². The summed E-state index contributed by atoms with van der Waals surface area (Å²) in [6, 6.07) is 25.2. The van der Waals surface area contributed by atoms with Crippen LogP contribution in [0.5, 0.6) is 0 Å². The zero-order valence-electron chi connectivity index (χ0n) is 19.0. The normalized spacial score (nSPS) is 12.7. The Morgan fingerprint density at radius 2 is 1.36 bits per heavy atom. The monoisotopic (exact) mass is 463 g/mol. The molecule has 0 aliphatic carbocycles. The first-order valence-electron chi connectivity index (χ1n) is 10.7. The molecule has 1 unspecified atom stereocenters. The average Bonchev–Trinajstić information content (AvgIpc) is 2.80. The topological polar surface area (TPSA) is 75.6 Å². The Labute approximate surface area is 200 Å². The molecule has 1 atom stereocenters. The van der Waals surface area contributed by atoms with E-state index >= 15 is 0 Å². The molecule has 0 amide bonds. The van der Waals surface area contributed by atoms with Crippen LogP contribution in [0.4, 0.5) is 0 Å². The minimum atomic E-state index is -1.15. The molecule has 0 aliphatic heterocycles. The van der Waals surface area contributed by atoms with Gasteiger partial charge in [0.2, 0.25) is 0 Å². The van der Waals surface area contributed by atoms with Gasteiger partial charge in [-0.25, -0.2) is 4.79 Å². The van der Waals surface area contributed by atoms with Crippen molar-refractivity contribution < 1.29 is 19.4 Å². The van der Waals surface area contributed by atoms with Gasteiger partial charge in [-0.2, -0.15) is 12.6 Å². The van der Waals surface area contributed by atoms with Gasteiger partial charge in [-0.1, -0.05) is 78.9 Å². The minimum Gasteiger partial charge on any atom is -0.480 e. The van der Waals surface area contributed by atoms with Crippen molar-refractivity contribution in [2.75, 3.05) is 5.75 Å². The fraction of sp³-hybridized carbons (Fsp3) is 0.259. The van der Waals surface area contributed by atoms with E-state index in [1.54, 1.807) is 12.1 Å². The molecule has 0 aromatic heterocycles. The standard InChI is InChI=1S/C27H29NO4S/c1-26(2,3)32-25(31)21-16-10-11-17-22(21)27(19-12-6-4-7-13-19,20-14-8-5-9-15-20)28-23(18-33)24(29)30/h4-17,23,28,33H,18H2,1-3H3,(H,29,30). The van der Waals surface area contributed by atoms with Gasteiger partial charge in [0, 0.05) is 5.75 Å². The van der Waals surface area contributed by atoms with Gasteiger partial charge in [0.05, 0.1) is 11.1 Å². The molecule has 3 aromatic carbocycles. The Kier molecular flexibility index (Phi) is 7.61. The molecule has 33 heavy (non-hydrogen) atoms. The Balaban J connectivity index is 2.37. The highest BCUT2D eigenvalue weighted by Gasteiger charge is 2.42. The Morgan fingerprint density at radius 1 is 0.879 bits per heavy atom. The van der Waals surface area contributed by atoms with Gasteiger partial charge in [0.25, 0.3) is 0 Å². The fourth-order valence-corrected chi connectivity index (χ4v) is 4.11. The highest BCUT2D eigenvalue weighted by atomic mass is 32.1. The van der Waals surface area contributed by atoms with Crippen LogP contribution in [-0.4, -0.2) is 34.4 Å². The molecule has 0 aliphatic rings. The number of nitrogens with one attached hydrogen (secondary N) is 1. The number of hydrogen-bond acceptors (Lipinski definition) is 5. The van der Waals surface area contributed by atoms with Crippen molar-refractivity contribution in [3.63, 3.8) is 0 Å². The Hall–Kier alpha value is -3.09. The van der Waals surface area contributed by atoms with Gasteiger partial charge in [-0.3, -0.25) is 10.1 Å². The van der Waals surface area contributed by atoms with Crippen molar-refractivity contribution in [2.24, 2.45) is 0 Å². The first-order valence-corrected chi connectivity index (χ1v) is 11.4. The van der Waals surface area contributed by atoms with Gasteiger partial charge in [-0.15, -0.1) is 0 Å². The number of carboxylic acid groups (broad SMARTS) is 1. The molecule has 172 valence electrons. The van der Waals surface area contributed by atoms with Crippen molar-refractivity contribution in [3.05, 3.63) is 107 Å². The van der Waals surface area contributed by atoms with Crippen LogP contribution in [0.25, 0.3) is 0 Å². The molecule has 0 saturated carbocycles. The maximum Gasteiger partial charge on any atom is 0.339 e. The summed E-state index contributed by atoms with van der Waals surface area (Å²) >= 11 is 4.29. The number of ether oxygens (including phenoxy) is 1. The van der Waals surface area contributed by atoms with Crippen molar-refractivity contribution >= 4 is 24.6 Å². The van der Waals surface area contributed by atoms with Crippen LogP contribution in [0.3, 0.4) is 0 Å². The van der Waals surface area contributed by atoms with Gasteiger partial charge in [-0.05, 0) is 43.5 Å². The molecule has 0 bridgehead atoms. The van der Waals surface area contributed by atoms with Gasteiger partial charge < -0.3 is 9.84 Å². The van der Waals surface area contributed by atoms with E-state index in [4.69, 9.17) is 4.74 Å². The van der Waals surface area contributed by atoms with Crippen LogP contribution in [0.15, 0.2) is 84.9 Å². The number of carbonyl (C=O) groups excluding carboxylic acids is 1. The zero-order chi connectivity index (χ0) is 24.1. The number of thiol groups is 1. The minimum absolute atomic E-state index is 0.0609. The van der Waals surface area contributed by atoms with E-state index in [9.17, 15) is 14.7 Å². The van der Waals surface area contributed by atoms with Gasteiger partial charge in [0.15, 0.2) is 0 Å². The molecule has 2 N–H and O–H groups in total. The third-order valence-corrected chi connectivity index (χ3v) is 5.60. The quantitative estimate of drug-likeness (QED) is 0.252. The molecule has 0 fully saturated rings. The van der Waals surface area contributed by atoms with Crippen molar-refractivity contribution in [2.45, 2.75) is 38.0 Å². The van der Waals surface area contributed by atoms with E-state index in [0.717, 1.165) is 11.1 Å². The van der Waals surface area contributed by atoms with E-state index in [1.165, 1.54) is 0 Å². The van der Waals surface area contributed by atoms with E-state index in [1.807, 2.05) is 93.6 Å². The summed E-state index contributed by atoms with van der Waals surface area (Å²) in [5.74, 6) is -1.45. The predicted octanol–water partition coefficient (Wildman–Crippen LogP) is 4.91. The van der Waals surface area contributed by atoms with Crippen LogP contribution < -0.4 is 5.32 Å². The molecule has 6 heteroatoms. The van der Waals surface area contributed by atoms with Crippen LogP contribution >= 0.6 is 12.6 Å². The summed E-state index contributed by atoms with van der Waals surface area (Å²) in [6.45, 7) is 5.44. The lowest BCUT2D eigenvalue weighted by atomic mass is 9.74. The van der Waals surface area contributed by atoms with Gasteiger partial charge >= 0.3 is 11.9 Å². The maximum absolute atomic E-state index is 13.3. The smallest absolute Gasteiger partial charge is 0.339 e. The van der Waals surface area contributed by atoms with E-state index in [-0.39, 0.29) is 5.75 Å². The second kappa shape index (κ2) is 10.2. The number of aliphatic carboxylic acids is 1. The summed E-state index contributed by atoms with van der Waals surface area (Å²) in [5.41, 5.74) is 0.706. The van der Waals surface area contributed by atoms with E-state index in [2.05, 4.69) is 17.9 Å². The third kappa shape index (κ3) is 5.46. The second-order valence-corrected chi connectivity index (χ2v) is 9.11. The maximum atomic E-state index is 13.3. The first kappa shape index (κ1) is 24.6. The highest BCUT2D eigenvalue weighted by molar-refractivity contribution is 7.80. The van der Waals surface area contributed by atoms with Crippen LogP contribution in [0.2, 0.25) is 0 Å². The number of rotatable bonds is 8. The molecule has 0 heterocycles. The lowest BCUT2D eigenvalue weighted by molar-refractivity contribution is -0.139. The van der Waals surface area contributed by atoms with Crippen molar-refractivity contribution in [1.82, 2.24) is 5.32 Å². The molecule has 0 saturated heterocycles. The number of esters is 1. The summed E-state index contributed by atoms with van der Waals surface area (Å²) in [5, 5.41) is 13.2. The largest absolute Gasteiger partial charge is 0.480 e. The molecular weight excluding hydrogens is 434 g/mol. The SMILES string of the molecule is CC(C)(C)OC(=O)c1ccccc1C(NC(CS)C(=O)O)(c1ccccc1)c1ccccc1. The third-order valence-electron chi connectivity index (χ3n) is 5.23. The fourth-order valence-electron chi connectivity index (χ4n) is 3.87. The van der Waals surface area contributed by atoms with Gasteiger partial charge in [0.1, 0.15) is 11.6 Å². The molecule has 5 nitrogen and oxygen atoms in total. The highest BCUT2D eigenvalue weighted by Crippen LogP contribution is 2.39. The van der Waals surface area contributed by atoms with Crippen LogP contribution in [-0.2, 0) is 15.1 Å². The molecular formula is C27H29NO4S. The Morgan fingerprint density at radius 3 is 1.82 bits per heavy atom. The van der Waals surface area contributed by atoms with Crippen molar-refractivity contribution in [1.29, 1.82) is 0 Å². The summed E-state index contributed by atoms with van der Waals surface area (Å²) in [4.78, 5) is 25.4. The average molecular weight is 464 g/mol. The van der Waals surface area contributed by atoms with E-state index < -0.39 is 29.1 Å². The molecule has 0 radical (unpaired) electrons. The predicted molar refractivity (Wildman–Crippen MR) is 133 cm³/mol. The van der Waals surface area contributed by atoms with Crippen molar-refractivity contribution in [3.8, 4) is 0 Å². The lowest BCUT2D eigenvalue weighted by Crippen LogP contribution is -2.54. The van der Waals surface area contributed by atoms with Crippen LogP contribution in [0.1, 0.15) is 47.8 Å². The summed E-state index contributed by atoms with van der Waals surface area (Å²) in [6.07, 6.45) is 0. The molecule has 3 rings (SSSR count). The summed E-state index contributed by atoms with van der Waals surface area (Å²) in [7, 11) is 0. The Bertz CT molecular complexity index is 1050. The number of carbonyl (C=O) groups is 2. The number of hydrogen-bond donors (Lipinski definition) is 3. The van der Waals surface area contributed by atoms with Crippen LogP contribution in [0, 0.1) is 0 Å². The second-order valence-electron chi connectivity index (χ2n) is 8.75. The number of benzene rings is 3. The number of carboxylic acids is 1. The lowest BCUT2D eigenvalue weighted by Gasteiger charge is -2.40. The first-order chi connectivity index (χ1) is 15.7. The zero-order valence-corrected chi connectivity index (χ0v) is 19.9.